The van der Waals surface area contributed by atoms with Crippen molar-refractivity contribution in [2.75, 3.05) is 0 Å². The summed E-state index contributed by atoms with van der Waals surface area (Å²) < 4.78 is 0. The van der Waals surface area contributed by atoms with Gasteiger partial charge in [-0.1, -0.05) is 29.4 Å². The molecule has 2 aliphatic rings. The van der Waals surface area contributed by atoms with Crippen molar-refractivity contribution in [1.82, 2.24) is 0 Å². The molecule has 2 heteroatoms. The Bertz CT molecular complexity index is 660. The van der Waals surface area contributed by atoms with Crippen molar-refractivity contribution in [3.63, 3.8) is 0 Å². The lowest BCUT2D eigenvalue weighted by Crippen LogP contribution is -2.11. The molecule has 0 spiro atoms. The lowest BCUT2D eigenvalue weighted by molar-refractivity contribution is 0.318. The van der Waals surface area contributed by atoms with E-state index in [0.29, 0.717) is 0 Å². The van der Waals surface area contributed by atoms with Gasteiger partial charge in [0, 0.05) is 5.56 Å². The molecular formula is C15H13NO. The van der Waals surface area contributed by atoms with Gasteiger partial charge in [-0.25, -0.2) is 0 Å². The normalized spacial score (nSPS) is 19.2. The molecule has 0 aliphatic heterocycles. The van der Waals surface area contributed by atoms with Crippen LogP contribution in [0.2, 0.25) is 0 Å². The molecule has 0 heterocycles. The van der Waals surface area contributed by atoms with E-state index < -0.39 is 0 Å². The van der Waals surface area contributed by atoms with Crippen LogP contribution in [0.1, 0.15) is 28.7 Å². The second kappa shape index (κ2) is 3.10. The van der Waals surface area contributed by atoms with E-state index in [-0.39, 0.29) is 0 Å². The van der Waals surface area contributed by atoms with Crippen molar-refractivity contribution in [2.45, 2.75) is 25.7 Å². The quantitative estimate of drug-likeness (QED) is 0.540. The minimum Gasteiger partial charge on any atom is -0.411 e. The fourth-order valence-electron chi connectivity index (χ4n) is 3.34. The molecule has 17 heavy (non-hydrogen) atoms. The van der Waals surface area contributed by atoms with Crippen LogP contribution >= 0.6 is 0 Å². The Labute approximate surface area is 99.6 Å². The zero-order valence-electron chi connectivity index (χ0n) is 9.53. The molecule has 0 atom stereocenters. The van der Waals surface area contributed by atoms with Crippen LogP contribution in [0.3, 0.4) is 0 Å². The van der Waals surface area contributed by atoms with E-state index in [9.17, 15) is 0 Å². The molecule has 0 radical (unpaired) electrons. The zero-order chi connectivity index (χ0) is 11.4. The number of rotatable bonds is 0. The summed E-state index contributed by atoms with van der Waals surface area (Å²) in [7, 11) is 0. The van der Waals surface area contributed by atoms with Gasteiger partial charge < -0.3 is 5.21 Å². The Hall–Kier alpha value is -1.83. The number of oxime groups is 1. The Morgan fingerprint density at radius 2 is 1.35 bits per heavy atom. The van der Waals surface area contributed by atoms with Crippen LogP contribution < -0.4 is 0 Å². The summed E-state index contributed by atoms with van der Waals surface area (Å²) in [5.41, 5.74) is 6.30. The first-order valence-corrected chi connectivity index (χ1v) is 6.16. The van der Waals surface area contributed by atoms with Gasteiger partial charge in [0.15, 0.2) is 0 Å². The van der Waals surface area contributed by atoms with E-state index in [1.54, 1.807) is 0 Å². The minimum absolute atomic E-state index is 0.841. The summed E-state index contributed by atoms with van der Waals surface area (Å²) in [4.78, 5) is 0. The maximum Gasteiger partial charge on any atom is 0.0877 e. The van der Waals surface area contributed by atoms with Crippen molar-refractivity contribution in [1.29, 1.82) is 0 Å². The molecule has 0 bridgehead atoms. The summed E-state index contributed by atoms with van der Waals surface area (Å²) in [5.74, 6) is 0. The topological polar surface area (TPSA) is 32.6 Å². The molecule has 2 nitrogen and oxygen atoms in total. The standard InChI is InChI=1S/C15H13NO/c17-16-13-8-6-11-4-3-9-1-2-10-5-7-12(13)15(11)14(9)10/h3-5,7,17H,1-2,6,8H2/b16-13-. The van der Waals surface area contributed by atoms with Gasteiger partial charge in [0.2, 0.25) is 0 Å². The Morgan fingerprint density at radius 1 is 0.765 bits per heavy atom. The smallest absolute Gasteiger partial charge is 0.0877 e. The van der Waals surface area contributed by atoms with Gasteiger partial charge in [-0.15, -0.1) is 0 Å². The van der Waals surface area contributed by atoms with Crippen LogP contribution in [0.25, 0.3) is 10.8 Å². The highest BCUT2D eigenvalue weighted by molar-refractivity contribution is 6.15. The Morgan fingerprint density at radius 3 is 2.06 bits per heavy atom. The highest BCUT2D eigenvalue weighted by atomic mass is 16.4. The average Bonchev–Trinajstić information content (AvgIpc) is 2.81. The predicted molar refractivity (Wildman–Crippen MR) is 68.0 cm³/mol. The van der Waals surface area contributed by atoms with E-state index in [1.165, 1.54) is 27.5 Å². The zero-order valence-corrected chi connectivity index (χ0v) is 9.53. The lowest BCUT2D eigenvalue weighted by atomic mass is 9.85. The maximum absolute atomic E-state index is 9.11. The minimum atomic E-state index is 0.841. The number of benzene rings is 2. The number of nitrogens with zero attached hydrogens (tertiary/aromatic N) is 1. The third kappa shape index (κ3) is 1.08. The van der Waals surface area contributed by atoms with Gasteiger partial charge in [0.05, 0.1) is 5.71 Å². The largest absolute Gasteiger partial charge is 0.411 e. The molecule has 84 valence electrons. The Balaban J connectivity index is 2.22. The van der Waals surface area contributed by atoms with Gasteiger partial charge in [-0.05, 0) is 53.1 Å². The third-order valence-corrected chi connectivity index (χ3v) is 4.15. The van der Waals surface area contributed by atoms with E-state index in [0.717, 1.165) is 37.0 Å². The maximum atomic E-state index is 9.11. The number of aryl methyl sites for hydroxylation is 3. The van der Waals surface area contributed by atoms with Gasteiger partial charge in [0.25, 0.3) is 0 Å². The van der Waals surface area contributed by atoms with Crippen LogP contribution in [-0.4, -0.2) is 10.9 Å². The van der Waals surface area contributed by atoms with E-state index in [1.807, 2.05) is 0 Å². The molecule has 0 saturated carbocycles. The van der Waals surface area contributed by atoms with Crippen molar-refractivity contribution in [3.8, 4) is 0 Å². The fraction of sp³-hybridized carbons (Fsp3) is 0.267. The van der Waals surface area contributed by atoms with Gasteiger partial charge in [-0.3, -0.25) is 0 Å². The molecule has 2 aromatic carbocycles. The van der Waals surface area contributed by atoms with Crippen LogP contribution in [0, 0.1) is 0 Å². The summed E-state index contributed by atoms with van der Waals surface area (Å²) in [6, 6.07) is 8.86. The van der Waals surface area contributed by atoms with Gasteiger partial charge in [0.1, 0.15) is 0 Å². The van der Waals surface area contributed by atoms with Crippen molar-refractivity contribution < 1.29 is 5.21 Å². The lowest BCUT2D eigenvalue weighted by Gasteiger charge is -2.19. The Kier molecular flexibility index (Phi) is 1.68. The molecule has 4 rings (SSSR count). The third-order valence-electron chi connectivity index (χ3n) is 4.15. The summed E-state index contributed by atoms with van der Waals surface area (Å²) in [5, 5.41) is 15.4. The van der Waals surface area contributed by atoms with E-state index >= 15 is 0 Å². The molecule has 2 aliphatic carbocycles. The van der Waals surface area contributed by atoms with Gasteiger partial charge in [-0.2, -0.15) is 0 Å². The summed E-state index contributed by atoms with van der Waals surface area (Å²) in [6.07, 6.45) is 4.15. The molecule has 2 aromatic rings. The van der Waals surface area contributed by atoms with Crippen LogP contribution in [0.15, 0.2) is 29.4 Å². The molecule has 0 saturated heterocycles. The first-order valence-electron chi connectivity index (χ1n) is 6.16. The van der Waals surface area contributed by atoms with Gasteiger partial charge >= 0.3 is 0 Å². The molecule has 0 amide bonds. The van der Waals surface area contributed by atoms with Crippen LogP contribution in [-0.2, 0) is 19.3 Å². The highest BCUT2D eigenvalue weighted by Crippen LogP contribution is 2.38. The summed E-state index contributed by atoms with van der Waals surface area (Å²) in [6.45, 7) is 0. The molecular weight excluding hydrogens is 210 g/mol. The monoisotopic (exact) mass is 223 g/mol. The first-order chi connectivity index (χ1) is 8.38. The predicted octanol–water partition coefficient (Wildman–Crippen LogP) is 3.06. The van der Waals surface area contributed by atoms with E-state index in [2.05, 4.69) is 29.4 Å². The van der Waals surface area contributed by atoms with E-state index in [4.69, 9.17) is 5.21 Å². The van der Waals surface area contributed by atoms with Crippen molar-refractivity contribution >= 4 is 16.5 Å². The fourth-order valence-corrected chi connectivity index (χ4v) is 3.34. The molecule has 0 unspecified atom stereocenters. The SMILES string of the molecule is O/N=C1/CCc2ccc3c4c(ccc1c24)CC3. The van der Waals surface area contributed by atoms with Crippen molar-refractivity contribution in [2.24, 2.45) is 5.16 Å². The van der Waals surface area contributed by atoms with Crippen LogP contribution in [0.5, 0.6) is 0 Å². The second-order valence-corrected chi connectivity index (χ2v) is 4.95. The van der Waals surface area contributed by atoms with Crippen LogP contribution in [0.4, 0.5) is 0 Å². The average molecular weight is 223 g/mol. The molecule has 1 N–H and O–H groups in total. The molecule has 0 aromatic heterocycles. The first kappa shape index (κ1) is 9.23. The number of hydrogen-bond donors (Lipinski definition) is 1. The highest BCUT2D eigenvalue weighted by Gasteiger charge is 2.23. The number of hydrogen-bond acceptors (Lipinski definition) is 2. The van der Waals surface area contributed by atoms with Crippen molar-refractivity contribution in [3.05, 3.63) is 46.5 Å². The summed E-state index contributed by atoms with van der Waals surface area (Å²) >= 11 is 0. The molecule has 0 fully saturated rings. The second-order valence-electron chi connectivity index (χ2n) is 4.95.